The van der Waals surface area contributed by atoms with Crippen molar-refractivity contribution in [2.24, 2.45) is 0 Å². The molecule has 0 aromatic heterocycles. The first kappa shape index (κ1) is 26.1. The second-order valence-corrected chi connectivity index (χ2v) is 7.47. The quantitative estimate of drug-likeness (QED) is 0.397. The molecule has 180 valence electrons. The summed E-state index contributed by atoms with van der Waals surface area (Å²) in [5.74, 6) is 2.87. The lowest BCUT2D eigenvalue weighted by atomic mass is 10.1. The van der Waals surface area contributed by atoms with Crippen molar-refractivity contribution >= 4 is 12.0 Å². The molecule has 0 atom stereocenters. The molecule has 0 unspecified atom stereocenters. The molecule has 0 aliphatic heterocycles. The monoisotopic (exact) mass is 456 g/mol. The Bertz CT molecular complexity index is 898. The summed E-state index contributed by atoms with van der Waals surface area (Å²) in [5.41, 5.74) is 2.18. The number of hydrogen-bond donors (Lipinski definition) is 2. The van der Waals surface area contributed by atoms with Gasteiger partial charge in [0.15, 0.2) is 23.0 Å². The van der Waals surface area contributed by atoms with E-state index in [2.05, 4.69) is 16.7 Å². The van der Waals surface area contributed by atoms with Crippen LogP contribution < -0.4 is 29.6 Å². The predicted molar refractivity (Wildman–Crippen MR) is 132 cm³/mol. The first-order chi connectivity index (χ1) is 16.1. The van der Waals surface area contributed by atoms with E-state index in [9.17, 15) is 4.79 Å². The summed E-state index contributed by atoms with van der Waals surface area (Å²) < 4.78 is 21.1. The molecule has 7 heteroatoms. The fourth-order valence-electron chi connectivity index (χ4n) is 3.35. The van der Waals surface area contributed by atoms with Gasteiger partial charge in [-0.1, -0.05) is 24.3 Å². The lowest BCUT2D eigenvalue weighted by Crippen LogP contribution is -2.27. The van der Waals surface area contributed by atoms with Crippen molar-refractivity contribution in [2.75, 3.05) is 48.1 Å². The summed E-state index contributed by atoms with van der Waals surface area (Å²) in [7, 11) is 6.50. The van der Waals surface area contributed by atoms with Crippen LogP contribution in [0.5, 0.6) is 23.0 Å². The maximum Gasteiger partial charge on any atom is 0.223 e. The number of aryl methyl sites for hydroxylation is 1. The number of carbonyl (C=O) groups excluding carboxylic acids is 1. The van der Waals surface area contributed by atoms with Gasteiger partial charge in [0.05, 0.1) is 28.4 Å². The van der Waals surface area contributed by atoms with E-state index in [4.69, 9.17) is 18.9 Å². The zero-order valence-corrected chi connectivity index (χ0v) is 20.1. The highest BCUT2D eigenvalue weighted by atomic mass is 16.5. The summed E-state index contributed by atoms with van der Waals surface area (Å²) in [4.78, 5) is 12.0. The van der Waals surface area contributed by atoms with Crippen LogP contribution in [0.1, 0.15) is 30.4 Å². The van der Waals surface area contributed by atoms with Crippen LogP contribution in [-0.2, 0) is 11.2 Å². The summed E-state index contributed by atoms with van der Waals surface area (Å²) in [6.45, 7) is 2.45. The van der Waals surface area contributed by atoms with Crippen molar-refractivity contribution in [3.63, 3.8) is 0 Å². The molecule has 0 spiro atoms. The minimum Gasteiger partial charge on any atom is -0.493 e. The number of carbonyl (C=O) groups is 1. The van der Waals surface area contributed by atoms with Crippen LogP contribution in [0.3, 0.4) is 0 Å². The minimum absolute atomic E-state index is 0.0141. The van der Waals surface area contributed by atoms with E-state index in [1.807, 2.05) is 42.5 Å². The predicted octanol–water partition coefficient (Wildman–Crippen LogP) is 3.85. The van der Waals surface area contributed by atoms with E-state index in [1.165, 1.54) is 5.56 Å². The SMILES string of the molecule is COc1ccc(/C=C/CC(=O)NCCCNCCCc2ccc(OC)c(OC)c2)cc1OC. The van der Waals surface area contributed by atoms with Crippen LogP contribution >= 0.6 is 0 Å². The van der Waals surface area contributed by atoms with Gasteiger partial charge in [-0.2, -0.15) is 0 Å². The third kappa shape index (κ3) is 9.06. The topological polar surface area (TPSA) is 78.1 Å². The van der Waals surface area contributed by atoms with Crippen LogP contribution in [0.25, 0.3) is 6.08 Å². The van der Waals surface area contributed by atoms with Gasteiger partial charge in [0.2, 0.25) is 5.91 Å². The Morgan fingerprint density at radius 3 is 2.12 bits per heavy atom. The number of amides is 1. The molecule has 2 aromatic carbocycles. The maximum absolute atomic E-state index is 12.0. The Labute approximate surface area is 197 Å². The Morgan fingerprint density at radius 1 is 0.788 bits per heavy atom. The van der Waals surface area contributed by atoms with Crippen molar-refractivity contribution < 1.29 is 23.7 Å². The molecule has 0 aliphatic carbocycles. The van der Waals surface area contributed by atoms with Gasteiger partial charge >= 0.3 is 0 Å². The normalized spacial score (nSPS) is 10.8. The third-order valence-electron chi connectivity index (χ3n) is 5.14. The smallest absolute Gasteiger partial charge is 0.223 e. The highest BCUT2D eigenvalue weighted by Gasteiger charge is 2.05. The van der Waals surface area contributed by atoms with Gasteiger partial charge in [0.25, 0.3) is 0 Å². The molecule has 0 aliphatic rings. The Kier molecular flexibility index (Phi) is 11.7. The van der Waals surface area contributed by atoms with E-state index in [-0.39, 0.29) is 5.91 Å². The molecule has 0 saturated heterocycles. The lowest BCUT2D eigenvalue weighted by molar-refractivity contribution is -0.120. The van der Waals surface area contributed by atoms with Crippen molar-refractivity contribution in [3.05, 3.63) is 53.6 Å². The molecule has 33 heavy (non-hydrogen) atoms. The van der Waals surface area contributed by atoms with Crippen LogP contribution in [0.15, 0.2) is 42.5 Å². The van der Waals surface area contributed by atoms with Crippen LogP contribution in [-0.4, -0.2) is 54.0 Å². The highest BCUT2D eigenvalue weighted by Crippen LogP contribution is 2.28. The first-order valence-electron chi connectivity index (χ1n) is 11.2. The molecule has 0 bridgehead atoms. The van der Waals surface area contributed by atoms with Gasteiger partial charge in [-0.15, -0.1) is 0 Å². The molecule has 7 nitrogen and oxygen atoms in total. The zero-order chi connectivity index (χ0) is 23.9. The number of benzene rings is 2. The molecule has 0 radical (unpaired) electrons. The summed E-state index contributed by atoms with van der Waals surface area (Å²) in [6, 6.07) is 11.7. The standard InChI is InChI=1S/C26H36N2O5/c1-30-22-13-11-20(18-24(22)32-3)8-5-10-26(29)28-17-7-16-27-15-6-9-21-12-14-23(31-2)25(19-21)33-4/h5,8,11-14,18-19,27H,6-7,9-10,15-17H2,1-4H3,(H,28,29)/b8-5+. The fourth-order valence-corrected chi connectivity index (χ4v) is 3.35. The van der Waals surface area contributed by atoms with Crippen molar-refractivity contribution in [1.29, 1.82) is 0 Å². The number of rotatable bonds is 15. The van der Waals surface area contributed by atoms with E-state index >= 15 is 0 Å². The summed E-state index contributed by atoms with van der Waals surface area (Å²) >= 11 is 0. The van der Waals surface area contributed by atoms with Gasteiger partial charge in [-0.25, -0.2) is 0 Å². The number of ether oxygens (including phenoxy) is 4. The molecule has 2 aromatic rings. The molecule has 2 N–H and O–H groups in total. The minimum atomic E-state index is 0.0141. The van der Waals surface area contributed by atoms with Gasteiger partial charge in [0.1, 0.15) is 0 Å². The molecule has 0 saturated carbocycles. The zero-order valence-electron chi connectivity index (χ0n) is 20.1. The first-order valence-corrected chi connectivity index (χ1v) is 11.2. The largest absolute Gasteiger partial charge is 0.493 e. The third-order valence-corrected chi connectivity index (χ3v) is 5.14. The lowest BCUT2D eigenvalue weighted by Gasteiger charge is -2.10. The van der Waals surface area contributed by atoms with E-state index in [0.717, 1.165) is 49.4 Å². The van der Waals surface area contributed by atoms with E-state index < -0.39 is 0 Å². The Hall–Kier alpha value is -3.19. The number of hydrogen-bond acceptors (Lipinski definition) is 6. The second kappa shape index (κ2) is 14.8. The van der Waals surface area contributed by atoms with Crippen LogP contribution in [0, 0.1) is 0 Å². The average molecular weight is 457 g/mol. The van der Waals surface area contributed by atoms with Crippen molar-refractivity contribution in [1.82, 2.24) is 10.6 Å². The average Bonchev–Trinajstić information content (AvgIpc) is 2.85. The summed E-state index contributed by atoms with van der Waals surface area (Å²) in [5, 5.41) is 6.37. The van der Waals surface area contributed by atoms with Crippen LogP contribution in [0.4, 0.5) is 0 Å². The van der Waals surface area contributed by atoms with Gasteiger partial charge in [-0.3, -0.25) is 4.79 Å². The molecular weight excluding hydrogens is 420 g/mol. The molecule has 2 rings (SSSR count). The van der Waals surface area contributed by atoms with Gasteiger partial charge in [0, 0.05) is 13.0 Å². The Balaban J connectivity index is 1.55. The van der Waals surface area contributed by atoms with E-state index in [0.29, 0.717) is 24.5 Å². The maximum atomic E-state index is 12.0. The van der Waals surface area contributed by atoms with Gasteiger partial charge in [-0.05, 0) is 67.7 Å². The van der Waals surface area contributed by atoms with Crippen LogP contribution in [0.2, 0.25) is 0 Å². The van der Waals surface area contributed by atoms with Gasteiger partial charge < -0.3 is 29.6 Å². The molecular formula is C26H36N2O5. The van der Waals surface area contributed by atoms with E-state index in [1.54, 1.807) is 28.4 Å². The fraction of sp³-hybridized carbons (Fsp3) is 0.423. The highest BCUT2D eigenvalue weighted by molar-refractivity contribution is 5.78. The molecule has 1 amide bonds. The van der Waals surface area contributed by atoms with Crippen molar-refractivity contribution in [2.45, 2.75) is 25.7 Å². The number of nitrogens with one attached hydrogen (secondary N) is 2. The number of methoxy groups -OCH3 is 4. The second-order valence-electron chi connectivity index (χ2n) is 7.47. The summed E-state index contributed by atoms with van der Waals surface area (Å²) in [6.07, 6.45) is 6.98. The molecule has 0 heterocycles. The van der Waals surface area contributed by atoms with Crippen molar-refractivity contribution in [3.8, 4) is 23.0 Å². The Morgan fingerprint density at radius 2 is 1.42 bits per heavy atom. The molecule has 0 fully saturated rings.